The Balaban J connectivity index is 1.92. The standard InChI is InChI=1S/C16H24F2N2O/c1-12-11-19(2)5-3-6-20(12)7-4-16(21)13-8-14(17)10-15(18)9-13/h8-10,12,16,21H,3-7,11H2,1-2H3. The van der Waals surface area contributed by atoms with Gasteiger partial charge in [-0.05, 0) is 57.6 Å². The summed E-state index contributed by atoms with van der Waals surface area (Å²) in [5, 5.41) is 10.1. The molecule has 3 nitrogen and oxygen atoms in total. The summed E-state index contributed by atoms with van der Waals surface area (Å²) in [6.45, 7) is 5.99. The minimum absolute atomic E-state index is 0.312. The predicted octanol–water partition coefficient (Wildman–Crippen LogP) is 2.41. The summed E-state index contributed by atoms with van der Waals surface area (Å²) in [6, 6.07) is 3.65. The molecule has 0 spiro atoms. The van der Waals surface area contributed by atoms with Crippen molar-refractivity contribution in [2.75, 3.05) is 33.2 Å². The van der Waals surface area contributed by atoms with Gasteiger partial charge in [0.1, 0.15) is 11.6 Å². The highest BCUT2D eigenvalue weighted by Crippen LogP contribution is 2.20. The van der Waals surface area contributed by atoms with Crippen LogP contribution in [0.4, 0.5) is 8.78 Å². The Morgan fingerprint density at radius 3 is 2.57 bits per heavy atom. The van der Waals surface area contributed by atoms with E-state index in [-0.39, 0.29) is 0 Å². The third-order valence-corrected chi connectivity index (χ3v) is 4.14. The molecule has 1 aromatic carbocycles. The molecule has 0 amide bonds. The molecular formula is C16H24F2N2O. The van der Waals surface area contributed by atoms with Gasteiger partial charge < -0.3 is 10.0 Å². The van der Waals surface area contributed by atoms with Crippen LogP contribution >= 0.6 is 0 Å². The average Bonchev–Trinajstić information content (AvgIpc) is 2.55. The van der Waals surface area contributed by atoms with Gasteiger partial charge in [0.15, 0.2) is 0 Å². The highest BCUT2D eigenvalue weighted by Gasteiger charge is 2.20. The maximum Gasteiger partial charge on any atom is 0.126 e. The fourth-order valence-corrected chi connectivity index (χ4v) is 2.98. The summed E-state index contributed by atoms with van der Waals surface area (Å²) < 4.78 is 26.4. The smallest absolute Gasteiger partial charge is 0.126 e. The normalized spacial score (nSPS) is 23.0. The number of rotatable bonds is 4. The van der Waals surface area contributed by atoms with Crippen LogP contribution in [0.3, 0.4) is 0 Å². The molecule has 0 aliphatic carbocycles. The molecule has 2 atom stereocenters. The van der Waals surface area contributed by atoms with Gasteiger partial charge in [-0.3, -0.25) is 4.90 Å². The van der Waals surface area contributed by atoms with Crippen LogP contribution < -0.4 is 0 Å². The minimum atomic E-state index is -0.830. The zero-order chi connectivity index (χ0) is 15.4. The van der Waals surface area contributed by atoms with Crippen LogP contribution in [0, 0.1) is 11.6 Å². The molecule has 5 heteroatoms. The number of likely N-dealkylation sites (N-methyl/N-ethyl adjacent to an activating group) is 1. The Morgan fingerprint density at radius 1 is 1.24 bits per heavy atom. The lowest BCUT2D eigenvalue weighted by Gasteiger charge is -2.28. The number of benzene rings is 1. The van der Waals surface area contributed by atoms with E-state index >= 15 is 0 Å². The SMILES string of the molecule is CC1CN(C)CCCN1CCC(O)c1cc(F)cc(F)c1. The Hall–Kier alpha value is -1.04. The Bertz CT molecular complexity index is 449. The van der Waals surface area contributed by atoms with Gasteiger partial charge in [-0.1, -0.05) is 0 Å². The molecule has 1 aliphatic heterocycles. The first-order valence-electron chi connectivity index (χ1n) is 7.52. The highest BCUT2D eigenvalue weighted by atomic mass is 19.1. The van der Waals surface area contributed by atoms with Crippen molar-refractivity contribution in [3.05, 3.63) is 35.4 Å². The maximum absolute atomic E-state index is 13.2. The fourth-order valence-electron chi connectivity index (χ4n) is 2.98. The van der Waals surface area contributed by atoms with Crippen LogP contribution in [0.2, 0.25) is 0 Å². The predicted molar refractivity (Wildman–Crippen MR) is 79.1 cm³/mol. The molecule has 0 radical (unpaired) electrons. The van der Waals surface area contributed by atoms with Crippen molar-refractivity contribution in [1.82, 2.24) is 9.80 Å². The van der Waals surface area contributed by atoms with Crippen molar-refractivity contribution < 1.29 is 13.9 Å². The van der Waals surface area contributed by atoms with E-state index in [9.17, 15) is 13.9 Å². The lowest BCUT2D eigenvalue weighted by molar-refractivity contribution is 0.126. The molecule has 2 unspecified atom stereocenters. The van der Waals surface area contributed by atoms with E-state index in [0.717, 1.165) is 38.7 Å². The van der Waals surface area contributed by atoms with Crippen molar-refractivity contribution >= 4 is 0 Å². The molecule has 1 fully saturated rings. The zero-order valence-corrected chi connectivity index (χ0v) is 12.7. The molecule has 0 aromatic heterocycles. The highest BCUT2D eigenvalue weighted by molar-refractivity contribution is 5.20. The van der Waals surface area contributed by atoms with Gasteiger partial charge in [-0.2, -0.15) is 0 Å². The van der Waals surface area contributed by atoms with Gasteiger partial charge in [0.05, 0.1) is 6.10 Å². The fraction of sp³-hybridized carbons (Fsp3) is 0.625. The van der Waals surface area contributed by atoms with Crippen molar-refractivity contribution in [3.63, 3.8) is 0 Å². The number of aliphatic hydroxyl groups is 1. The number of hydrogen-bond donors (Lipinski definition) is 1. The van der Waals surface area contributed by atoms with E-state index in [1.165, 1.54) is 12.1 Å². The molecule has 21 heavy (non-hydrogen) atoms. The van der Waals surface area contributed by atoms with Crippen LogP contribution in [0.25, 0.3) is 0 Å². The molecule has 1 aliphatic rings. The summed E-state index contributed by atoms with van der Waals surface area (Å²) in [5.41, 5.74) is 0.312. The van der Waals surface area contributed by atoms with E-state index in [4.69, 9.17) is 0 Å². The summed E-state index contributed by atoms with van der Waals surface area (Å²) in [6.07, 6.45) is 0.756. The van der Waals surface area contributed by atoms with Crippen LogP contribution in [0.15, 0.2) is 18.2 Å². The van der Waals surface area contributed by atoms with Crippen molar-refractivity contribution in [1.29, 1.82) is 0 Å². The quantitative estimate of drug-likeness (QED) is 0.925. The summed E-state index contributed by atoms with van der Waals surface area (Å²) in [4.78, 5) is 4.64. The van der Waals surface area contributed by atoms with E-state index in [2.05, 4.69) is 23.8 Å². The second-order valence-electron chi connectivity index (χ2n) is 6.01. The molecule has 118 valence electrons. The number of halogens is 2. The molecular weight excluding hydrogens is 274 g/mol. The average molecular weight is 298 g/mol. The third-order valence-electron chi connectivity index (χ3n) is 4.14. The molecule has 2 rings (SSSR count). The van der Waals surface area contributed by atoms with Crippen molar-refractivity contribution in [3.8, 4) is 0 Å². The van der Waals surface area contributed by atoms with Crippen LogP contribution in [-0.2, 0) is 0 Å². The summed E-state index contributed by atoms with van der Waals surface area (Å²) in [7, 11) is 2.12. The third kappa shape index (κ3) is 4.73. The zero-order valence-electron chi connectivity index (χ0n) is 12.7. The van der Waals surface area contributed by atoms with Crippen molar-refractivity contribution in [2.24, 2.45) is 0 Å². The topological polar surface area (TPSA) is 26.7 Å². The Morgan fingerprint density at radius 2 is 1.90 bits per heavy atom. The first kappa shape index (κ1) is 16.3. The second-order valence-corrected chi connectivity index (χ2v) is 6.01. The van der Waals surface area contributed by atoms with E-state index < -0.39 is 17.7 Å². The largest absolute Gasteiger partial charge is 0.388 e. The van der Waals surface area contributed by atoms with Crippen LogP contribution in [0.5, 0.6) is 0 Å². The number of hydrogen-bond acceptors (Lipinski definition) is 3. The van der Waals surface area contributed by atoms with Gasteiger partial charge in [0, 0.05) is 25.2 Å². The minimum Gasteiger partial charge on any atom is -0.388 e. The summed E-state index contributed by atoms with van der Waals surface area (Å²) in [5.74, 6) is -1.29. The Labute approximate surface area is 125 Å². The second kappa shape index (κ2) is 7.29. The van der Waals surface area contributed by atoms with E-state index in [1.807, 2.05) is 0 Å². The first-order chi connectivity index (χ1) is 9.95. The Kier molecular flexibility index (Phi) is 5.67. The van der Waals surface area contributed by atoms with Gasteiger partial charge in [0.25, 0.3) is 0 Å². The molecule has 1 N–H and O–H groups in total. The lowest BCUT2D eigenvalue weighted by Crippen LogP contribution is -2.38. The molecule has 1 aromatic rings. The molecule has 0 bridgehead atoms. The number of aliphatic hydroxyl groups excluding tert-OH is 1. The van der Waals surface area contributed by atoms with E-state index in [1.54, 1.807) is 0 Å². The first-order valence-corrected chi connectivity index (χ1v) is 7.52. The number of nitrogens with zero attached hydrogens (tertiary/aromatic N) is 2. The van der Waals surface area contributed by atoms with Crippen molar-refractivity contribution in [2.45, 2.75) is 31.9 Å². The maximum atomic E-state index is 13.2. The molecule has 1 saturated heterocycles. The van der Waals surface area contributed by atoms with Gasteiger partial charge >= 0.3 is 0 Å². The monoisotopic (exact) mass is 298 g/mol. The van der Waals surface area contributed by atoms with Gasteiger partial charge in [-0.15, -0.1) is 0 Å². The van der Waals surface area contributed by atoms with Gasteiger partial charge in [0.2, 0.25) is 0 Å². The van der Waals surface area contributed by atoms with Crippen LogP contribution in [-0.4, -0.2) is 54.2 Å². The van der Waals surface area contributed by atoms with Crippen LogP contribution in [0.1, 0.15) is 31.4 Å². The van der Waals surface area contributed by atoms with Gasteiger partial charge in [-0.25, -0.2) is 8.78 Å². The molecule has 1 heterocycles. The van der Waals surface area contributed by atoms with E-state index in [0.29, 0.717) is 18.0 Å². The lowest BCUT2D eigenvalue weighted by atomic mass is 10.1. The summed E-state index contributed by atoms with van der Waals surface area (Å²) >= 11 is 0. The molecule has 0 saturated carbocycles.